The highest BCUT2D eigenvalue weighted by atomic mass is 16.4. The zero-order valence-corrected chi connectivity index (χ0v) is 19.1. The minimum atomic E-state index is -1.39. The summed E-state index contributed by atoms with van der Waals surface area (Å²) >= 11 is 0. The molecule has 178 valence electrons. The highest BCUT2D eigenvalue weighted by Crippen LogP contribution is 2.09. The van der Waals surface area contributed by atoms with Crippen LogP contribution in [0, 0.1) is 17.8 Å². The first-order valence-corrected chi connectivity index (χ1v) is 10.3. The van der Waals surface area contributed by atoms with Crippen molar-refractivity contribution in [1.29, 1.82) is 0 Å². The van der Waals surface area contributed by atoms with Gasteiger partial charge in [-0.05, 0) is 24.2 Å². The molecule has 31 heavy (non-hydrogen) atoms. The molecule has 0 aliphatic rings. The average molecular weight is 444 g/mol. The molecule has 0 fully saturated rings. The third kappa shape index (κ3) is 10.3. The van der Waals surface area contributed by atoms with Gasteiger partial charge < -0.3 is 32.5 Å². The van der Waals surface area contributed by atoms with E-state index in [0.29, 0.717) is 0 Å². The van der Waals surface area contributed by atoms with Crippen LogP contribution < -0.4 is 27.4 Å². The SMILES string of the molecule is CC(C)CC(NC(=O)C(N)C(C)C)C(=O)NC(CC(N)=O)C(=O)NC(C(=O)O)C(C)C. The number of carbonyl (C=O) groups is 5. The number of hydrogen-bond acceptors (Lipinski definition) is 6. The number of carbonyl (C=O) groups excluding carboxylic acids is 4. The number of primary amides is 1. The molecule has 0 aromatic rings. The minimum absolute atomic E-state index is 0.0204. The van der Waals surface area contributed by atoms with Gasteiger partial charge in [-0.25, -0.2) is 4.79 Å². The van der Waals surface area contributed by atoms with Gasteiger partial charge in [-0.1, -0.05) is 41.5 Å². The summed E-state index contributed by atoms with van der Waals surface area (Å²) < 4.78 is 0. The molecule has 0 spiro atoms. The zero-order chi connectivity index (χ0) is 24.5. The van der Waals surface area contributed by atoms with Gasteiger partial charge in [-0.15, -0.1) is 0 Å². The standard InChI is InChI=1S/C20H37N5O6/c1-9(2)7-12(24-19(29)15(22)10(3)4)17(27)23-13(8-14(21)26)18(28)25-16(11(5)6)20(30)31/h9-13,15-16H,7-8,22H2,1-6H3,(H2,21,26)(H,23,27)(H,24,29)(H,25,28)(H,30,31). The predicted octanol–water partition coefficient (Wildman–Crippen LogP) is -0.914. The molecule has 0 bridgehead atoms. The Balaban J connectivity index is 5.54. The summed E-state index contributed by atoms with van der Waals surface area (Å²) in [5.74, 6) is -4.75. The summed E-state index contributed by atoms with van der Waals surface area (Å²) in [5.41, 5.74) is 11.0. The number of hydrogen-bond donors (Lipinski definition) is 6. The van der Waals surface area contributed by atoms with Crippen molar-refractivity contribution in [3.63, 3.8) is 0 Å². The summed E-state index contributed by atoms with van der Waals surface area (Å²) in [5, 5.41) is 16.6. The van der Waals surface area contributed by atoms with E-state index < -0.39 is 66.1 Å². The van der Waals surface area contributed by atoms with Crippen molar-refractivity contribution in [2.45, 2.75) is 78.6 Å². The fourth-order valence-electron chi connectivity index (χ4n) is 2.72. The quantitative estimate of drug-likeness (QED) is 0.212. The molecule has 0 aliphatic carbocycles. The van der Waals surface area contributed by atoms with Crippen molar-refractivity contribution in [1.82, 2.24) is 16.0 Å². The van der Waals surface area contributed by atoms with Crippen LogP contribution in [0.25, 0.3) is 0 Å². The number of nitrogens with two attached hydrogens (primary N) is 2. The van der Waals surface area contributed by atoms with E-state index in [9.17, 15) is 29.1 Å². The van der Waals surface area contributed by atoms with Crippen LogP contribution in [0.5, 0.6) is 0 Å². The Hall–Kier alpha value is -2.69. The largest absolute Gasteiger partial charge is 0.480 e. The molecule has 0 saturated heterocycles. The van der Waals surface area contributed by atoms with Crippen LogP contribution in [-0.2, 0) is 24.0 Å². The molecular weight excluding hydrogens is 406 g/mol. The lowest BCUT2D eigenvalue weighted by Gasteiger charge is -2.26. The monoisotopic (exact) mass is 443 g/mol. The molecule has 4 unspecified atom stereocenters. The number of carboxylic acid groups (broad SMARTS) is 1. The van der Waals surface area contributed by atoms with E-state index in [2.05, 4.69) is 16.0 Å². The predicted molar refractivity (Wildman–Crippen MR) is 114 cm³/mol. The fraction of sp³-hybridized carbons (Fsp3) is 0.750. The van der Waals surface area contributed by atoms with Gasteiger partial charge in [0.05, 0.1) is 12.5 Å². The molecule has 11 heteroatoms. The molecule has 0 heterocycles. The molecule has 0 radical (unpaired) electrons. The van der Waals surface area contributed by atoms with Gasteiger partial charge in [0.1, 0.15) is 18.1 Å². The Morgan fingerprint density at radius 2 is 1.26 bits per heavy atom. The lowest BCUT2D eigenvalue weighted by Crippen LogP contribution is -2.58. The van der Waals surface area contributed by atoms with Crippen molar-refractivity contribution in [3.05, 3.63) is 0 Å². The van der Waals surface area contributed by atoms with E-state index in [1.165, 1.54) is 0 Å². The number of amides is 4. The Kier molecular flexibility index (Phi) is 11.8. The Labute approximate surface area is 183 Å². The molecule has 8 N–H and O–H groups in total. The smallest absolute Gasteiger partial charge is 0.326 e. The third-order valence-corrected chi connectivity index (χ3v) is 4.63. The number of rotatable bonds is 13. The van der Waals surface area contributed by atoms with E-state index in [0.717, 1.165) is 0 Å². The minimum Gasteiger partial charge on any atom is -0.480 e. The third-order valence-electron chi connectivity index (χ3n) is 4.63. The van der Waals surface area contributed by atoms with Gasteiger partial charge >= 0.3 is 5.97 Å². The van der Waals surface area contributed by atoms with Gasteiger partial charge in [0.2, 0.25) is 23.6 Å². The second-order valence-corrected chi connectivity index (χ2v) is 8.76. The summed E-state index contributed by atoms with van der Waals surface area (Å²) in [6.07, 6.45) is -0.271. The second-order valence-electron chi connectivity index (χ2n) is 8.76. The lowest BCUT2D eigenvalue weighted by molar-refractivity contribution is -0.143. The molecule has 11 nitrogen and oxygen atoms in total. The molecule has 0 rings (SSSR count). The van der Waals surface area contributed by atoms with Crippen LogP contribution >= 0.6 is 0 Å². The molecule has 4 atom stereocenters. The molecular formula is C20H37N5O6. The fourth-order valence-corrected chi connectivity index (χ4v) is 2.72. The van der Waals surface area contributed by atoms with E-state index >= 15 is 0 Å². The van der Waals surface area contributed by atoms with E-state index in [1.807, 2.05) is 13.8 Å². The molecule has 0 aromatic carbocycles. The summed E-state index contributed by atoms with van der Waals surface area (Å²) in [4.78, 5) is 60.6. The Morgan fingerprint density at radius 1 is 0.774 bits per heavy atom. The average Bonchev–Trinajstić information content (AvgIpc) is 2.62. The first-order chi connectivity index (χ1) is 14.2. The maximum atomic E-state index is 12.8. The molecule has 0 aliphatic heterocycles. The van der Waals surface area contributed by atoms with Crippen molar-refractivity contribution in [2.75, 3.05) is 0 Å². The molecule has 0 saturated carbocycles. The van der Waals surface area contributed by atoms with Crippen LogP contribution in [0.3, 0.4) is 0 Å². The van der Waals surface area contributed by atoms with Crippen LogP contribution in [-0.4, -0.2) is 58.9 Å². The Morgan fingerprint density at radius 3 is 1.65 bits per heavy atom. The number of nitrogens with one attached hydrogen (secondary N) is 3. The maximum Gasteiger partial charge on any atom is 0.326 e. The van der Waals surface area contributed by atoms with Gasteiger partial charge in [0, 0.05) is 0 Å². The first kappa shape index (κ1) is 28.3. The highest BCUT2D eigenvalue weighted by molar-refractivity contribution is 5.96. The van der Waals surface area contributed by atoms with Gasteiger partial charge in [0.25, 0.3) is 0 Å². The summed E-state index contributed by atoms with van der Waals surface area (Å²) in [6, 6.07) is -4.43. The van der Waals surface area contributed by atoms with Crippen molar-refractivity contribution >= 4 is 29.6 Å². The van der Waals surface area contributed by atoms with Crippen LogP contribution in [0.4, 0.5) is 0 Å². The van der Waals surface area contributed by atoms with Crippen LogP contribution in [0.2, 0.25) is 0 Å². The van der Waals surface area contributed by atoms with Crippen molar-refractivity contribution in [2.24, 2.45) is 29.2 Å². The highest BCUT2D eigenvalue weighted by Gasteiger charge is 2.32. The van der Waals surface area contributed by atoms with Crippen LogP contribution in [0.1, 0.15) is 54.4 Å². The van der Waals surface area contributed by atoms with E-state index in [4.69, 9.17) is 11.5 Å². The molecule has 0 aromatic heterocycles. The normalized spacial score (nSPS) is 15.2. The lowest BCUT2D eigenvalue weighted by atomic mass is 10.00. The second kappa shape index (κ2) is 12.9. The van der Waals surface area contributed by atoms with E-state index in [1.54, 1.807) is 27.7 Å². The summed E-state index contributed by atoms with van der Waals surface area (Å²) in [6.45, 7) is 10.4. The topological polar surface area (TPSA) is 194 Å². The molecule has 4 amide bonds. The van der Waals surface area contributed by atoms with E-state index in [-0.39, 0.29) is 18.3 Å². The van der Waals surface area contributed by atoms with Crippen molar-refractivity contribution in [3.8, 4) is 0 Å². The van der Waals surface area contributed by atoms with Gasteiger partial charge in [0.15, 0.2) is 0 Å². The zero-order valence-electron chi connectivity index (χ0n) is 19.1. The summed E-state index contributed by atoms with van der Waals surface area (Å²) in [7, 11) is 0. The Bertz CT molecular complexity index is 664. The van der Waals surface area contributed by atoms with Crippen molar-refractivity contribution < 1.29 is 29.1 Å². The number of carboxylic acids is 1. The maximum absolute atomic E-state index is 12.8. The van der Waals surface area contributed by atoms with Crippen LogP contribution in [0.15, 0.2) is 0 Å². The van der Waals surface area contributed by atoms with Gasteiger partial charge in [-0.3, -0.25) is 19.2 Å². The number of aliphatic carboxylic acids is 1. The van der Waals surface area contributed by atoms with Gasteiger partial charge in [-0.2, -0.15) is 0 Å². The first-order valence-electron chi connectivity index (χ1n) is 10.3.